The van der Waals surface area contributed by atoms with E-state index in [4.69, 9.17) is 4.74 Å². The minimum Gasteiger partial charge on any atom is -0.497 e. The lowest BCUT2D eigenvalue weighted by Crippen LogP contribution is -2.29. The number of aromatic nitrogens is 2. The summed E-state index contributed by atoms with van der Waals surface area (Å²) in [5, 5.41) is 7.97. The summed E-state index contributed by atoms with van der Waals surface area (Å²) < 4.78 is 6.29. The number of hydrogen-bond donors (Lipinski definition) is 1. The van der Waals surface area contributed by atoms with Crippen molar-refractivity contribution in [2.75, 3.05) is 7.11 Å². The van der Waals surface area contributed by atoms with E-state index in [1.807, 2.05) is 24.3 Å². The number of benzene rings is 2. The van der Waals surface area contributed by atoms with Crippen LogP contribution in [0.2, 0.25) is 0 Å². The molecule has 0 unspecified atom stereocenters. The number of carbonyl (C=O) groups is 1. The molecule has 0 aliphatic rings. The van der Waals surface area contributed by atoms with Crippen LogP contribution in [0, 0.1) is 0 Å². The van der Waals surface area contributed by atoms with Crippen molar-refractivity contribution >= 4 is 16.7 Å². The Balaban J connectivity index is 1.86. The Morgan fingerprint density at radius 2 is 1.79 bits per heavy atom. The molecule has 0 aliphatic heterocycles. The largest absolute Gasteiger partial charge is 0.497 e. The highest BCUT2D eigenvalue weighted by Crippen LogP contribution is 2.14. The lowest BCUT2D eigenvalue weighted by atomic mass is 10.1. The molecule has 1 heterocycles. The molecule has 24 heavy (non-hydrogen) atoms. The Morgan fingerprint density at radius 3 is 2.46 bits per heavy atom. The number of nitrogens with one attached hydrogen (secondary N) is 1. The Labute approximate surface area is 138 Å². The molecule has 2 aromatic carbocycles. The van der Waals surface area contributed by atoms with Gasteiger partial charge in [-0.15, -0.1) is 0 Å². The van der Waals surface area contributed by atoms with Crippen LogP contribution in [0.5, 0.6) is 5.75 Å². The summed E-state index contributed by atoms with van der Waals surface area (Å²) in [7, 11) is 3.14. The molecule has 6 nitrogen and oxygen atoms in total. The van der Waals surface area contributed by atoms with Crippen LogP contribution in [0.25, 0.3) is 10.8 Å². The fourth-order valence-electron chi connectivity index (χ4n) is 2.48. The Bertz CT molecular complexity index is 946. The first kappa shape index (κ1) is 15.7. The third-order valence-corrected chi connectivity index (χ3v) is 3.78. The predicted molar refractivity (Wildman–Crippen MR) is 91.1 cm³/mol. The zero-order valence-corrected chi connectivity index (χ0v) is 13.4. The van der Waals surface area contributed by atoms with Gasteiger partial charge in [0.15, 0.2) is 5.69 Å². The maximum atomic E-state index is 12.5. The second-order valence-electron chi connectivity index (χ2n) is 5.35. The predicted octanol–water partition coefficient (Wildman–Crippen LogP) is 1.87. The molecule has 1 aromatic heterocycles. The first-order chi connectivity index (χ1) is 11.6. The normalized spacial score (nSPS) is 10.6. The third kappa shape index (κ3) is 2.99. The van der Waals surface area contributed by atoms with Crippen LogP contribution in [-0.2, 0) is 13.6 Å². The lowest BCUT2D eigenvalue weighted by Gasteiger charge is -2.09. The van der Waals surface area contributed by atoms with Gasteiger partial charge in [-0.05, 0) is 23.8 Å². The molecule has 122 valence electrons. The number of methoxy groups -OCH3 is 1. The van der Waals surface area contributed by atoms with Crippen LogP contribution in [0.1, 0.15) is 16.1 Å². The summed E-state index contributed by atoms with van der Waals surface area (Å²) in [6.07, 6.45) is 0. The van der Waals surface area contributed by atoms with Crippen molar-refractivity contribution in [1.82, 2.24) is 15.1 Å². The molecule has 0 radical (unpaired) electrons. The summed E-state index contributed by atoms with van der Waals surface area (Å²) in [6.45, 7) is 0.363. The van der Waals surface area contributed by atoms with Crippen LogP contribution in [-0.4, -0.2) is 22.8 Å². The topological polar surface area (TPSA) is 73.2 Å². The second kappa shape index (κ2) is 6.54. The van der Waals surface area contributed by atoms with E-state index in [-0.39, 0.29) is 17.2 Å². The summed E-state index contributed by atoms with van der Waals surface area (Å²) in [4.78, 5) is 24.6. The molecule has 3 rings (SSSR count). The number of ether oxygens (including phenoxy) is 1. The standard InChI is InChI=1S/C18H17N3O3/c1-21-18(23)15-6-4-3-5-14(15)16(20-21)17(22)19-11-12-7-9-13(24-2)10-8-12/h3-10H,11H2,1-2H3,(H,19,22). The lowest BCUT2D eigenvalue weighted by molar-refractivity contribution is 0.0945. The molecule has 3 aromatic rings. The van der Waals surface area contributed by atoms with Gasteiger partial charge in [0.1, 0.15) is 5.75 Å². The van der Waals surface area contributed by atoms with Gasteiger partial charge >= 0.3 is 0 Å². The average molecular weight is 323 g/mol. The van der Waals surface area contributed by atoms with E-state index >= 15 is 0 Å². The maximum absolute atomic E-state index is 12.5. The molecule has 1 amide bonds. The van der Waals surface area contributed by atoms with Gasteiger partial charge in [-0.2, -0.15) is 5.10 Å². The van der Waals surface area contributed by atoms with E-state index in [1.165, 1.54) is 11.7 Å². The number of aryl methyl sites for hydroxylation is 1. The SMILES string of the molecule is COc1ccc(CNC(=O)c2nn(C)c(=O)c3ccccc23)cc1. The van der Waals surface area contributed by atoms with Crippen LogP contribution >= 0.6 is 0 Å². The van der Waals surface area contributed by atoms with Crippen LogP contribution in [0.3, 0.4) is 0 Å². The molecule has 0 saturated carbocycles. The van der Waals surface area contributed by atoms with E-state index in [9.17, 15) is 9.59 Å². The van der Waals surface area contributed by atoms with Crippen molar-refractivity contribution in [3.8, 4) is 5.75 Å². The van der Waals surface area contributed by atoms with Gasteiger partial charge in [-0.3, -0.25) is 9.59 Å². The van der Waals surface area contributed by atoms with E-state index < -0.39 is 0 Å². The van der Waals surface area contributed by atoms with Gasteiger partial charge in [-0.25, -0.2) is 4.68 Å². The van der Waals surface area contributed by atoms with E-state index in [0.717, 1.165) is 11.3 Å². The van der Waals surface area contributed by atoms with Gasteiger partial charge in [0.05, 0.1) is 12.5 Å². The van der Waals surface area contributed by atoms with Gasteiger partial charge in [0.2, 0.25) is 0 Å². The fraction of sp³-hybridized carbons (Fsp3) is 0.167. The van der Waals surface area contributed by atoms with Crippen LogP contribution in [0.15, 0.2) is 53.3 Å². The summed E-state index contributed by atoms with van der Waals surface area (Å²) >= 11 is 0. The zero-order chi connectivity index (χ0) is 17.1. The second-order valence-corrected chi connectivity index (χ2v) is 5.35. The van der Waals surface area contributed by atoms with Crippen molar-refractivity contribution in [1.29, 1.82) is 0 Å². The van der Waals surface area contributed by atoms with Crippen molar-refractivity contribution in [2.24, 2.45) is 7.05 Å². The molecular weight excluding hydrogens is 306 g/mol. The van der Waals surface area contributed by atoms with Crippen molar-refractivity contribution in [2.45, 2.75) is 6.54 Å². The average Bonchev–Trinajstić information content (AvgIpc) is 2.63. The van der Waals surface area contributed by atoms with Crippen molar-refractivity contribution in [3.63, 3.8) is 0 Å². The summed E-state index contributed by atoms with van der Waals surface area (Å²) in [5.41, 5.74) is 0.955. The molecule has 6 heteroatoms. The number of carbonyl (C=O) groups excluding carboxylic acids is 1. The molecular formula is C18H17N3O3. The van der Waals surface area contributed by atoms with Crippen molar-refractivity contribution in [3.05, 3.63) is 70.1 Å². The zero-order valence-electron chi connectivity index (χ0n) is 13.4. The Morgan fingerprint density at radius 1 is 1.12 bits per heavy atom. The highest BCUT2D eigenvalue weighted by Gasteiger charge is 2.15. The third-order valence-electron chi connectivity index (χ3n) is 3.78. The monoisotopic (exact) mass is 323 g/mol. The summed E-state index contributed by atoms with van der Waals surface area (Å²) in [6, 6.07) is 14.4. The molecule has 0 fully saturated rings. The Hall–Kier alpha value is -3.15. The van der Waals surface area contributed by atoms with E-state index in [0.29, 0.717) is 17.3 Å². The van der Waals surface area contributed by atoms with Gasteiger partial charge in [0, 0.05) is 19.0 Å². The molecule has 0 atom stereocenters. The molecule has 0 aliphatic carbocycles. The number of amides is 1. The van der Waals surface area contributed by atoms with Crippen molar-refractivity contribution < 1.29 is 9.53 Å². The minimum atomic E-state index is -0.322. The molecule has 1 N–H and O–H groups in total. The first-order valence-corrected chi connectivity index (χ1v) is 7.47. The number of nitrogens with zero attached hydrogens (tertiary/aromatic N) is 2. The number of fused-ring (bicyclic) bond motifs is 1. The van der Waals surface area contributed by atoms with Gasteiger partial charge in [-0.1, -0.05) is 30.3 Å². The minimum absolute atomic E-state index is 0.225. The Kier molecular flexibility index (Phi) is 4.29. The molecule has 0 spiro atoms. The van der Waals surface area contributed by atoms with Crippen LogP contribution in [0.4, 0.5) is 0 Å². The first-order valence-electron chi connectivity index (χ1n) is 7.47. The number of hydrogen-bond acceptors (Lipinski definition) is 4. The van der Waals surface area contributed by atoms with E-state index in [2.05, 4.69) is 10.4 Å². The van der Waals surface area contributed by atoms with Gasteiger partial charge in [0.25, 0.3) is 11.5 Å². The smallest absolute Gasteiger partial charge is 0.274 e. The molecule has 0 bridgehead atoms. The summed E-state index contributed by atoms with van der Waals surface area (Å²) in [5.74, 6) is 0.438. The number of rotatable bonds is 4. The highest BCUT2D eigenvalue weighted by molar-refractivity contribution is 6.04. The quantitative estimate of drug-likeness (QED) is 0.795. The van der Waals surface area contributed by atoms with Crippen LogP contribution < -0.4 is 15.6 Å². The van der Waals surface area contributed by atoms with E-state index in [1.54, 1.807) is 31.4 Å². The molecule has 0 saturated heterocycles. The maximum Gasteiger partial charge on any atom is 0.274 e. The highest BCUT2D eigenvalue weighted by atomic mass is 16.5. The van der Waals surface area contributed by atoms with Gasteiger partial charge < -0.3 is 10.1 Å². The fourth-order valence-corrected chi connectivity index (χ4v) is 2.48.